The maximum Gasteiger partial charge on any atom is 0.264 e. The number of rotatable bonds is 13. The molecule has 3 aromatic carbocycles. The van der Waals surface area contributed by atoms with Gasteiger partial charge in [0, 0.05) is 13.1 Å². The fourth-order valence-corrected chi connectivity index (χ4v) is 5.70. The topological polar surface area (TPSA) is 96.0 Å². The molecule has 0 fully saturated rings. The molecule has 0 heterocycles. The predicted octanol–water partition coefficient (Wildman–Crippen LogP) is 4.84. The molecule has 0 bridgehead atoms. The van der Waals surface area contributed by atoms with E-state index in [4.69, 9.17) is 4.74 Å². The highest BCUT2D eigenvalue weighted by molar-refractivity contribution is 7.92. The van der Waals surface area contributed by atoms with E-state index in [0.29, 0.717) is 18.9 Å². The Morgan fingerprint density at radius 3 is 2.27 bits per heavy atom. The standard InChI is InChI=1S/C31H39N3O5S/c1-6-19-32-31(36)25(5)33(21-26-12-10-11-24(4)20-26)30(35)22-34(28-13-8-9-14-29(28)39-7-2)40(37,38)27-17-15-23(3)16-18-27/h8-18,20,25H,6-7,19,21-22H2,1-5H3,(H,32,36)/t25-/m1/s1. The molecule has 1 N–H and O–H groups in total. The fraction of sp³-hybridized carbons (Fsp3) is 0.355. The second-order valence-corrected chi connectivity index (χ2v) is 11.6. The van der Waals surface area contributed by atoms with Crippen LogP contribution in [0.5, 0.6) is 5.75 Å². The van der Waals surface area contributed by atoms with Crippen LogP contribution in [0.25, 0.3) is 0 Å². The van der Waals surface area contributed by atoms with Gasteiger partial charge in [0.15, 0.2) is 0 Å². The highest BCUT2D eigenvalue weighted by Gasteiger charge is 2.33. The van der Waals surface area contributed by atoms with Crippen LogP contribution in [0.4, 0.5) is 5.69 Å². The number of para-hydroxylation sites is 2. The summed E-state index contributed by atoms with van der Waals surface area (Å²) in [5, 5.41) is 2.85. The first-order valence-electron chi connectivity index (χ1n) is 13.5. The quantitative estimate of drug-likeness (QED) is 0.320. The van der Waals surface area contributed by atoms with Crippen LogP contribution in [0.2, 0.25) is 0 Å². The SMILES string of the molecule is CCCNC(=O)[C@@H](C)N(Cc1cccc(C)c1)C(=O)CN(c1ccccc1OCC)S(=O)(=O)c1ccc(C)cc1. The summed E-state index contributed by atoms with van der Waals surface area (Å²) in [5.74, 6) is -0.472. The zero-order chi connectivity index (χ0) is 29.3. The predicted molar refractivity (Wildman–Crippen MR) is 158 cm³/mol. The van der Waals surface area contributed by atoms with Crippen molar-refractivity contribution in [2.45, 2.75) is 58.5 Å². The lowest BCUT2D eigenvalue weighted by atomic mass is 10.1. The van der Waals surface area contributed by atoms with E-state index in [1.54, 1.807) is 50.2 Å². The van der Waals surface area contributed by atoms with Crippen LogP contribution in [-0.4, -0.2) is 50.9 Å². The smallest absolute Gasteiger partial charge is 0.264 e. The van der Waals surface area contributed by atoms with Gasteiger partial charge in [0.1, 0.15) is 18.3 Å². The molecular weight excluding hydrogens is 526 g/mol. The molecule has 3 aromatic rings. The first-order valence-corrected chi connectivity index (χ1v) is 15.0. The zero-order valence-corrected chi connectivity index (χ0v) is 24.7. The molecule has 9 heteroatoms. The van der Waals surface area contributed by atoms with Gasteiger partial charge in [0.05, 0.1) is 17.2 Å². The van der Waals surface area contributed by atoms with Crippen LogP contribution in [0, 0.1) is 13.8 Å². The van der Waals surface area contributed by atoms with Crippen molar-refractivity contribution < 1.29 is 22.7 Å². The number of amides is 2. The minimum Gasteiger partial charge on any atom is -0.492 e. The van der Waals surface area contributed by atoms with Crippen LogP contribution >= 0.6 is 0 Å². The Kier molecular flexibility index (Phi) is 10.7. The second-order valence-electron chi connectivity index (χ2n) is 9.70. The van der Waals surface area contributed by atoms with E-state index >= 15 is 0 Å². The van der Waals surface area contributed by atoms with E-state index in [2.05, 4.69) is 5.32 Å². The number of aryl methyl sites for hydroxylation is 2. The number of nitrogens with zero attached hydrogens (tertiary/aromatic N) is 2. The van der Waals surface area contributed by atoms with Crippen molar-refractivity contribution in [2.24, 2.45) is 0 Å². The minimum absolute atomic E-state index is 0.0520. The van der Waals surface area contributed by atoms with Crippen molar-refractivity contribution in [1.82, 2.24) is 10.2 Å². The third kappa shape index (κ3) is 7.63. The Morgan fingerprint density at radius 2 is 1.62 bits per heavy atom. The number of sulfonamides is 1. The molecule has 0 spiro atoms. The van der Waals surface area contributed by atoms with Crippen LogP contribution < -0.4 is 14.4 Å². The number of hydrogen-bond acceptors (Lipinski definition) is 5. The highest BCUT2D eigenvalue weighted by atomic mass is 32.2. The number of carbonyl (C=O) groups excluding carboxylic acids is 2. The normalized spacial score (nSPS) is 11.9. The van der Waals surface area contributed by atoms with Gasteiger partial charge in [-0.15, -0.1) is 0 Å². The molecule has 0 aliphatic heterocycles. The average molecular weight is 566 g/mol. The number of carbonyl (C=O) groups is 2. The summed E-state index contributed by atoms with van der Waals surface area (Å²) in [6.07, 6.45) is 0.751. The van der Waals surface area contributed by atoms with Crippen molar-refractivity contribution in [2.75, 3.05) is 24.0 Å². The first-order chi connectivity index (χ1) is 19.1. The summed E-state index contributed by atoms with van der Waals surface area (Å²) in [6, 6.07) is 20.1. The zero-order valence-electron chi connectivity index (χ0n) is 23.9. The van der Waals surface area contributed by atoms with E-state index in [0.717, 1.165) is 27.4 Å². The molecule has 40 heavy (non-hydrogen) atoms. The average Bonchev–Trinajstić information content (AvgIpc) is 2.93. The van der Waals surface area contributed by atoms with E-state index in [9.17, 15) is 18.0 Å². The van der Waals surface area contributed by atoms with Gasteiger partial charge < -0.3 is 15.0 Å². The van der Waals surface area contributed by atoms with Gasteiger partial charge in [-0.3, -0.25) is 13.9 Å². The molecule has 0 aromatic heterocycles. The van der Waals surface area contributed by atoms with Gasteiger partial charge in [0.2, 0.25) is 11.8 Å². The first kappa shape index (κ1) is 30.7. The molecule has 0 saturated carbocycles. The Labute approximate surface area is 238 Å². The summed E-state index contributed by atoms with van der Waals surface area (Å²) in [5.41, 5.74) is 3.01. The minimum atomic E-state index is -4.17. The number of hydrogen-bond donors (Lipinski definition) is 1. The maximum atomic E-state index is 14.0. The third-order valence-electron chi connectivity index (χ3n) is 6.47. The van der Waals surface area contributed by atoms with Crippen LogP contribution in [0.1, 0.15) is 43.9 Å². The molecule has 0 aliphatic rings. The lowest BCUT2D eigenvalue weighted by Crippen LogP contribution is -2.51. The summed E-state index contributed by atoms with van der Waals surface area (Å²) in [7, 11) is -4.17. The van der Waals surface area contributed by atoms with E-state index < -0.39 is 28.5 Å². The summed E-state index contributed by atoms with van der Waals surface area (Å²) >= 11 is 0. The maximum absolute atomic E-state index is 14.0. The van der Waals surface area contributed by atoms with Crippen molar-refractivity contribution in [3.05, 3.63) is 89.5 Å². The van der Waals surface area contributed by atoms with Gasteiger partial charge in [-0.25, -0.2) is 8.42 Å². The Balaban J connectivity index is 2.07. The number of ether oxygens (including phenoxy) is 1. The summed E-state index contributed by atoms with van der Waals surface area (Å²) in [6.45, 7) is 9.66. The van der Waals surface area contributed by atoms with Crippen molar-refractivity contribution in [3.63, 3.8) is 0 Å². The Hall–Kier alpha value is -3.85. The molecular formula is C31H39N3O5S. The molecule has 0 aliphatic carbocycles. The van der Waals surface area contributed by atoms with Crippen LogP contribution in [-0.2, 0) is 26.2 Å². The van der Waals surface area contributed by atoms with Crippen LogP contribution in [0.3, 0.4) is 0 Å². The summed E-state index contributed by atoms with van der Waals surface area (Å²) in [4.78, 5) is 28.5. The van der Waals surface area contributed by atoms with Gasteiger partial charge in [-0.05, 0) is 63.9 Å². The fourth-order valence-electron chi connectivity index (χ4n) is 4.28. The lowest BCUT2D eigenvalue weighted by Gasteiger charge is -2.32. The number of benzene rings is 3. The molecule has 2 amide bonds. The van der Waals surface area contributed by atoms with Gasteiger partial charge >= 0.3 is 0 Å². The van der Waals surface area contributed by atoms with E-state index in [-0.39, 0.29) is 23.0 Å². The molecule has 0 radical (unpaired) electrons. The second kappa shape index (κ2) is 14.0. The van der Waals surface area contributed by atoms with Crippen molar-refractivity contribution in [3.8, 4) is 5.75 Å². The molecule has 1 atom stereocenters. The third-order valence-corrected chi connectivity index (χ3v) is 8.25. The monoisotopic (exact) mass is 565 g/mol. The Morgan fingerprint density at radius 1 is 0.925 bits per heavy atom. The lowest BCUT2D eigenvalue weighted by molar-refractivity contribution is -0.139. The largest absolute Gasteiger partial charge is 0.492 e. The number of anilines is 1. The van der Waals surface area contributed by atoms with E-state index in [1.807, 2.05) is 45.0 Å². The van der Waals surface area contributed by atoms with Crippen LogP contribution in [0.15, 0.2) is 77.7 Å². The van der Waals surface area contributed by atoms with Gasteiger partial charge in [-0.2, -0.15) is 0 Å². The van der Waals surface area contributed by atoms with Gasteiger partial charge in [-0.1, -0.05) is 66.6 Å². The molecule has 0 saturated heterocycles. The van der Waals surface area contributed by atoms with E-state index in [1.165, 1.54) is 17.0 Å². The molecule has 3 rings (SSSR count). The Bertz CT molecular complexity index is 1410. The van der Waals surface area contributed by atoms with Crippen molar-refractivity contribution in [1.29, 1.82) is 0 Å². The molecule has 214 valence electrons. The summed E-state index contributed by atoms with van der Waals surface area (Å²) < 4.78 is 34.9. The molecule has 8 nitrogen and oxygen atoms in total. The van der Waals surface area contributed by atoms with Crippen molar-refractivity contribution >= 4 is 27.5 Å². The van der Waals surface area contributed by atoms with Gasteiger partial charge in [0.25, 0.3) is 10.0 Å². The highest BCUT2D eigenvalue weighted by Crippen LogP contribution is 2.33. The number of nitrogens with one attached hydrogen (secondary N) is 1. The molecule has 0 unspecified atom stereocenters.